The van der Waals surface area contributed by atoms with Gasteiger partial charge in [0.25, 0.3) is 5.91 Å². The molecule has 0 aliphatic carbocycles. The Morgan fingerprint density at radius 3 is 2.57 bits per heavy atom. The Labute approximate surface area is 124 Å². The van der Waals surface area contributed by atoms with Gasteiger partial charge in [0.2, 0.25) is 5.91 Å². The summed E-state index contributed by atoms with van der Waals surface area (Å²) >= 11 is 0. The van der Waals surface area contributed by atoms with Crippen LogP contribution in [-0.2, 0) is 14.4 Å². The van der Waals surface area contributed by atoms with Crippen molar-refractivity contribution in [1.82, 2.24) is 10.3 Å². The van der Waals surface area contributed by atoms with Crippen molar-refractivity contribution >= 4 is 23.5 Å². The Morgan fingerprint density at radius 2 is 2.05 bits per heavy atom. The maximum absolute atomic E-state index is 12.0. The van der Waals surface area contributed by atoms with Crippen molar-refractivity contribution in [2.45, 2.75) is 39.5 Å². The van der Waals surface area contributed by atoms with E-state index >= 15 is 0 Å². The molecule has 1 atom stereocenters. The number of amides is 2. The Bertz CT molecular complexity index is 446. The van der Waals surface area contributed by atoms with Crippen molar-refractivity contribution in [3.05, 3.63) is 0 Å². The number of nitrogens with one attached hydrogen (secondary N) is 1. The first kappa shape index (κ1) is 17.1. The molecule has 0 saturated carbocycles. The third-order valence-corrected chi connectivity index (χ3v) is 3.29. The van der Waals surface area contributed by atoms with E-state index in [1.807, 2.05) is 13.8 Å². The zero-order chi connectivity index (χ0) is 16.0. The zero-order valence-corrected chi connectivity index (χ0v) is 12.8. The Morgan fingerprint density at radius 1 is 1.38 bits per heavy atom. The molecule has 21 heavy (non-hydrogen) atoms. The molecule has 0 fully saturated rings. The summed E-state index contributed by atoms with van der Waals surface area (Å²) in [5.41, 5.74) is 0.315. The minimum atomic E-state index is -0.866. The molecule has 1 rings (SSSR count). The van der Waals surface area contributed by atoms with Crippen molar-refractivity contribution < 1.29 is 19.5 Å². The zero-order valence-electron chi connectivity index (χ0n) is 12.8. The number of hydrogen-bond donors (Lipinski definition) is 2. The van der Waals surface area contributed by atoms with Crippen molar-refractivity contribution in [2.75, 3.05) is 13.6 Å². The van der Waals surface area contributed by atoms with Gasteiger partial charge in [-0.15, -0.1) is 0 Å². The van der Waals surface area contributed by atoms with Crippen LogP contribution in [0.25, 0.3) is 0 Å². The number of nitrogens with zero attached hydrogens (tertiary/aromatic N) is 2. The molecule has 0 aromatic heterocycles. The quantitative estimate of drug-likeness (QED) is 0.727. The minimum absolute atomic E-state index is 0.0311. The van der Waals surface area contributed by atoms with E-state index in [9.17, 15) is 14.4 Å². The van der Waals surface area contributed by atoms with E-state index < -0.39 is 5.97 Å². The number of hydrazone groups is 1. The van der Waals surface area contributed by atoms with Gasteiger partial charge in [-0.05, 0) is 18.3 Å². The Kier molecular flexibility index (Phi) is 6.33. The molecule has 1 aliphatic heterocycles. The minimum Gasteiger partial charge on any atom is -0.481 e. The highest BCUT2D eigenvalue weighted by atomic mass is 16.4. The molecule has 0 bridgehead atoms. The van der Waals surface area contributed by atoms with Crippen LogP contribution >= 0.6 is 0 Å². The molecule has 7 nitrogen and oxygen atoms in total. The summed E-state index contributed by atoms with van der Waals surface area (Å²) in [4.78, 5) is 34.1. The second-order valence-corrected chi connectivity index (χ2v) is 5.77. The maximum Gasteiger partial charge on any atom is 0.303 e. The lowest BCUT2D eigenvalue weighted by molar-refractivity contribution is -0.138. The average molecular weight is 297 g/mol. The monoisotopic (exact) mass is 297 g/mol. The van der Waals surface area contributed by atoms with Crippen LogP contribution in [0.15, 0.2) is 5.10 Å². The summed E-state index contributed by atoms with van der Waals surface area (Å²) in [7, 11) is 1.51. The normalized spacial score (nSPS) is 16.7. The van der Waals surface area contributed by atoms with Crippen LogP contribution in [-0.4, -0.2) is 47.2 Å². The third-order valence-electron chi connectivity index (χ3n) is 3.29. The largest absolute Gasteiger partial charge is 0.481 e. The highest BCUT2D eigenvalue weighted by Gasteiger charge is 2.23. The molecule has 0 aromatic rings. The molecule has 1 aliphatic rings. The first-order valence-corrected chi connectivity index (χ1v) is 7.13. The van der Waals surface area contributed by atoms with Gasteiger partial charge >= 0.3 is 5.97 Å². The maximum atomic E-state index is 12.0. The number of carbonyl (C=O) groups excluding carboxylic acids is 2. The first-order chi connectivity index (χ1) is 9.79. The number of carboxylic acid groups (broad SMARTS) is 1. The molecule has 118 valence electrons. The summed E-state index contributed by atoms with van der Waals surface area (Å²) < 4.78 is 0. The predicted octanol–water partition coefficient (Wildman–Crippen LogP) is 0.848. The van der Waals surface area contributed by atoms with Crippen LogP contribution in [0, 0.1) is 11.8 Å². The van der Waals surface area contributed by atoms with E-state index in [1.165, 1.54) is 12.1 Å². The number of carboxylic acids is 1. The Balaban J connectivity index is 2.54. The summed E-state index contributed by atoms with van der Waals surface area (Å²) in [5, 5.41) is 16.7. The van der Waals surface area contributed by atoms with Crippen molar-refractivity contribution in [3.63, 3.8) is 0 Å². The third kappa shape index (κ3) is 5.93. The van der Waals surface area contributed by atoms with Crippen LogP contribution < -0.4 is 5.32 Å². The van der Waals surface area contributed by atoms with E-state index in [-0.39, 0.29) is 30.6 Å². The molecular weight excluding hydrogens is 274 g/mol. The first-order valence-electron chi connectivity index (χ1n) is 7.13. The van der Waals surface area contributed by atoms with E-state index in [4.69, 9.17) is 5.11 Å². The van der Waals surface area contributed by atoms with E-state index in [1.54, 1.807) is 0 Å². The van der Waals surface area contributed by atoms with E-state index in [2.05, 4.69) is 10.4 Å². The van der Waals surface area contributed by atoms with Crippen LogP contribution in [0.4, 0.5) is 0 Å². The fraction of sp³-hybridized carbons (Fsp3) is 0.714. The summed E-state index contributed by atoms with van der Waals surface area (Å²) in [5.74, 6) is -1.05. The molecule has 0 radical (unpaired) electrons. The predicted molar refractivity (Wildman–Crippen MR) is 77.6 cm³/mol. The lowest BCUT2D eigenvalue weighted by Crippen LogP contribution is -2.39. The van der Waals surface area contributed by atoms with Gasteiger partial charge in [0, 0.05) is 32.9 Å². The van der Waals surface area contributed by atoms with Crippen molar-refractivity contribution in [1.29, 1.82) is 0 Å². The topological polar surface area (TPSA) is 99.1 Å². The standard InChI is InChI=1S/C14H23N3O4/c1-9(2)6-10(7-13(19)20)8-15-14(21)11-4-5-12(18)17(3)16-11/h9-10H,4-8H2,1-3H3,(H,15,21)(H,19,20). The SMILES string of the molecule is CC(C)CC(CNC(=O)C1=NN(C)C(=O)CC1)CC(=O)O. The van der Waals surface area contributed by atoms with Gasteiger partial charge in [0.05, 0.1) is 0 Å². The molecule has 0 aromatic carbocycles. The van der Waals surface area contributed by atoms with Gasteiger partial charge in [0.1, 0.15) is 5.71 Å². The lowest BCUT2D eigenvalue weighted by atomic mass is 9.94. The number of hydrogen-bond acceptors (Lipinski definition) is 4. The molecule has 0 saturated heterocycles. The second kappa shape index (κ2) is 7.75. The number of aliphatic carboxylic acids is 1. The van der Waals surface area contributed by atoms with Crippen LogP contribution in [0.2, 0.25) is 0 Å². The Hall–Kier alpha value is -1.92. The summed E-state index contributed by atoms with van der Waals surface area (Å²) in [6.45, 7) is 4.34. The highest BCUT2D eigenvalue weighted by Crippen LogP contribution is 2.15. The van der Waals surface area contributed by atoms with Crippen LogP contribution in [0.3, 0.4) is 0 Å². The number of carbonyl (C=O) groups is 3. The van der Waals surface area contributed by atoms with Gasteiger partial charge in [-0.3, -0.25) is 14.4 Å². The van der Waals surface area contributed by atoms with E-state index in [0.717, 1.165) is 6.42 Å². The molecule has 7 heteroatoms. The summed E-state index contributed by atoms with van der Waals surface area (Å²) in [6.07, 6.45) is 1.36. The van der Waals surface area contributed by atoms with Crippen molar-refractivity contribution in [3.8, 4) is 0 Å². The van der Waals surface area contributed by atoms with Crippen LogP contribution in [0.1, 0.15) is 39.5 Å². The van der Waals surface area contributed by atoms with Crippen LogP contribution in [0.5, 0.6) is 0 Å². The molecule has 0 spiro atoms. The molecule has 2 amide bonds. The smallest absolute Gasteiger partial charge is 0.303 e. The summed E-state index contributed by atoms with van der Waals surface area (Å²) in [6, 6.07) is 0. The highest BCUT2D eigenvalue weighted by molar-refractivity contribution is 6.39. The molecule has 2 N–H and O–H groups in total. The van der Waals surface area contributed by atoms with Gasteiger partial charge in [-0.25, -0.2) is 5.01 Å². The lowest BCUT2D eigenvalue weighted by Gasteiger charge is -2.21. The van der Waals surface area contributed by atoms with Gasteiger partial charge in [0.15, 0.2) is 0 Å². The van der Waals surface area contributed by atoms with Gasteiger partial charge in [-0.2, -0.15) is 5.10 Å². The average Bonchev–Trinajstić information content (AvgIpc) is 2.37. The van der Waals surface area contributed by atoms with Gasteiger partial charge in [-0.1, -0.05) is 13.8 Å². The second-order valence-electron chi connectivity index (χ2n) is 5.77. The van der Waals surface area contributed by atoms with Crippen molar-refractivity contribution in [2.24, 2.45) is 16.9 Å². The number of rotatable bonds is 7. The molecule has 1 heterocycles. The van der Waals surface area contributed by atoms with Gasteiger partial charge < -0.3 is 10.4 Å². The fourth-order valence-corrected chi connectivity index (χ4v) is 2.32. The molecular formula is C14H23N3O4. The van der Waals surface area contributed by atoms with E-state index in [0.29, 0.717) is 24.6 Å². The fourth-order valence-electron chi connectivity index (χ4n) is 2.32. The molecule has 1 unspecified atom stereocenters.